The Morgan fingerprint density at radius 3 is 2.39 bits per heavy atom. The zero-order valence-corrected chi connectivity index (χ0v) is 24.7. The van der Waals surface area contributed by atoms with E-state index in [1.54, 1.807) is 56.3 Å². The predicted octanol–water partition coefficient (Wildman–Crippen LogP) is 6.31. The van der Waals surface area contributed by atoms with Gasteiger partial charge >= 0.3 is 12.1 Å². The summed E-state index contributed by atoms with van der Waals surface area (Å²) in [6.07, 6.45) is -0.0788. The number of aryl methyl sites for hydroxylation is 2. The van der Waals surface area contributed by atoms with Gasteiger partial charge in [-0.05, 0) is 99.0 Å². The number of aliphatic carboxylic acids is 1. The van der Waals surface area contributed by atoms with E-state index >= 15 is 0 Å². The molecule has 2 amide bonds. The molecule has 1 aromatic heterocycles. The molecule has 3 aromatic carbocycles. The van der Waals surface area contributed by atoms with Gasteiger partial charge in [0.25, 0.3) is 5.91 Å². The second-order valence-electron chi connectivity index (χ2n) is 10.3. The van der Waals surface area contributed by atoms with Crippen molar-refractivity contribution in [2.24, 2.45) is 0 Å². The standard InChI is InChI=1S/C33H34FN3O7/c1-20(2)43-33(41)35-19-25-18-28(14-8-22(25)9-15-30(38)39)42-17-16-29-21(3)44-32(37-29)24-6-12-27(13-7-24)36-31(40)23-4-10-26(34)11-5-23/h4-8,10-14,18,20H,9,15-17,19H2,1-3H3,(H,35,41)(H,36,40)(H,38,39). The summed E-state index contributed by atoms with van der Waals surface area (Å²) in [4.78, 5) is 40.1. The van der Waals surface area contributed by atoms with Gasteiger partial charge in [-0.2, -0.15) is 0 Å². The maximum absolute atomic E-state index is 13.1. The molecule has 11 heteroatoms. The summed E-state index contributed by atoms with van der Waals surface area (Å²) in [6.45, 7) is 5.79. The Labute approximate surface area is 254 Å². The van der Waals surface area contributed by atoms with Gasteiger partial charge in [-0.25, -0.2) is 14.2 Å². The van der Waals surface area contributed by atoms with Gasteiger partial charge in [-0.15, -0.1) is 0 Å². The van der Waals surface area contributed by atoms with Crippen molar-refractivity contribution >= 4 is 23.7 Å². The van der Waals surface area contributed by atoms with E-state index in [2.05, 4.69) is 15.6 Å². The number of nitrogens with zero attached hydrogens (tertiary/aromatic N) is 1. The average Bonchev–Trinajstić information content (AvgIpc) is 3.35. The molecule has 0 aliphatic rings. The van der Waals surface area contributed by atoms with E-state index in [9.17, 15) is 18.8 Å². The number of amides is 2. The van der Waals surface area contributed by atoms with E-state index in [4.69, 9.17) is 19.0 Å². The number of carboxylic acid groups (broad SMARTS) is 1. The molecule has 0 saturated carbocycles. The van der Waals surface area contributed by atoms with Crippen molar-refractivity contribution < 1.29 is 37.8 Å². The molecule has 0 fully saturated rings. The molecule has 0 bridgehead atoms. The minimum Gasteiger partial charge on any atom is -0.493 e. The van der Waals surface area contributed by atoms with Gasteiger partial charge in [-0.3, -0.25) is 9.59 Å². The molecule has 3 N–H and O–H groups in total. The highest BCUT2D eigenvalue weighted by molar-refractivity contribution is 6.04. The van der Waals surface area contributed by atoms with Crippen LogP contribution in [-0.2, 0) is 28.9 Å². The Morgan fingerprint density at radius 1 is 0.977 bits per heavy atom. The van der Waals surface area contributed by atoms with Crippen molar-refractivity contribution in [1.82, 2.24) is 10.3 Å². The van der Waals surface area contributed by atoms with Crippen LogP contribution in [0.25, 0.3) is 11.5 Å². The number of carbonyl (C=O) groups excluding carboxylic acids is 2. The number of rotatable bonds is 13. The lowest BCUT2D eigenvalue weighted by Crippen LogP contribution is -2.26. The second-order valence-corrected chi connectivity index (χ2v) is 10.3. The number of hydrogen-bond acceptors (Lipinski definition) is 7. The first-order chi connectivity index (χ1) is 21.1. The van der Waals surface area contributed by atoms with Crippen LogP contribution in [0.5, 0.6) is 5.75 Å². The summed E-state index contributed by atoms with van der Waals surface area (Å²) < 4.78 is 30.1. The number of halogens is 1. The summed E-state index contributed by atoms with van der Waals surface area (Å²) in [7, 11) is 0. The number of hydrogen-bond donors (Lipinski definition) is 3. The molecule has 0 atom stereocenters. The second kappa shape index (κ2) is 14.8. The number of benzene rings is 3. The first-order valence-corrected chi connectivity index (χ1v) is 14.1. The molecule has 4 aromatic rings. The van der Waals surface area contributed by atoms with E-state index in [1.165, 1.54) is 24.3 Å². The Hall–Kier alpha value is -5.19. The minimum atomic E-state index is -0.907. The fraction of sp³-hybridized carbons (Fsp3) is 0.273. The number of aromatic nitrogens is 1. The fourth-order valence-corrected chi connectivity index (χ4v) is 4.31. The highest BCUT2D eigenvalue weighted by Crippen LogP contribution is 2.25. The number of nitrogens with one attached hydrogen (secondary N) is 2. The Bertz CT molecular complexity index is 1600. The third-order valence-electron chi connectivity index (χ3n) is 6.55. The van der Waals surface area contributed by atoms with Crippen LogP contribution in [0, 0.1) is 12.7 Å². The quantitative estimate of drug-likeness (QED) is 0.161. The molecule has 0 aliphatic carbocycles. The molecule has 230 valence electrons. The van der Waals surface area contributed by atoms with Crippen LogP contribution in [0.4, 0.5) is 14.9 Å². The molecular formula is C33H34FN3O7. The Morgan fingerprint density at radius 2 is 1.70 bits per heavy atom. The molecule has 0 saturated heterocycles. The normalized spacial score (nSPS) is 10.8. The molecule has 1 heterocycles. The third-order valence-corrected chi connectivity index (χ3v) is 6.55. The smallest absolute Gasteiger partial charge is 0.407 e. The molecule has 10 nitrogen and oxygen atoms in total. The van der Waals surface area contributed by atoms with Gasteiger partial charge in [0.05, 0.1) is 18.4 Å². The molecule has 0 unspecified atom stereocenters. The van der Waals surface area contributed by atoms with E-state index < -0.39 is 17.9 Å². The first-order valence-electron chi connectivity index (χ1n) is 14.1. The molecule has 0 aliphatic heterocycles. The van der Waals surface area contributed by atoms with Gasteiger partial charge < -0.3 is 29.6 Å². The van der Waals surface area contributed by atoms with E-state index in [1.807, 2.05) is 6.92 Å². The number of ether oxygens (including phenoxy) is 2. The average molecular weight is 604 g/mol. The fourth-order valence-electron chi connectivity index (χ4n) is 4.31. The minimum absolute atomic E-state index is 0.0369. The zero-order valence-electron chi connectivity index (χ0n) is 24.7. The van der Waals surface area contributed by atoms with Gasteiger partial charge in [0.1, 0.15) is 17.3 Å². The van der Waals surface area contributed by atoms with Crippen LogP contribution in [0.15, 0.2) is 71.1 Å². The number of alkyl carbamates (subject to hydrolysis) is 1. The number of anilines is 1. The predicted molar refractivity (Wildman–Crippen MR) is 161 cm³/mol. The number of oxazole rings is 1. The highest BCUT2D eigenvalue weighted by Gasteiger charge is 2.14. The summed E-state index contributed by atoms with van der Waals surface area (Å²) in [5.41, 5.74) is 3.90. The van der Waals surface area contributed by atoms with Crippen LogP contribution in [0.2, 0.25) is 0 Å². The van der Waals surface area contributed by atoms with Crippen molar-refractivity contribution in [3.05, 3.63) is 101 Å². The number of carbonyl (C=O) groups is 3. The maximum Gasteiger partial charge on any atom is 0.407 e. The van der Waals surface area contributed by atoms with Crippen molar-refractivity contribution in [2.75, 3.05) is 11.9 Å². The summed E-state index contributed by atoms with van der Waals surface area (Å²) in [5.74, 6) is -0.0220. The van der Waals surface area contributed by atoms with Crippen molar-refractivity contribution in [2.45, 2.75) is 52.7 Å². The molecule has 0 radical (unpaired) electrons. The largest absolute Gasteiger partial charge is 0.493 e. The SMILES string of the molecule is Cc1oc(-c2ccc(NC(=O)c3ccc(F)cc3)cc2)nc1CCOc1ccc(CCC(=O)O)c(CNC(=O)OC(C)C)c1. The van der Waals surface area contributed by atoms with E-state index in [0.717, 1.165) is 22.4 Å². The van der Waals surface area contributed by atoms with Crippen LogP contribution >= 0.6 is 0 Å². The Balaban J connectivity index is 1.35. The summed E-state index contributed by atoms with van der Waals surface area (Å²) in [5, 5.41) is 14.6. The molecule has 44 heavy (non-hydrogen) atoms. The van der Waals surface area contributed by atoms with Crippen molar-refractivity contribution in [1.29, 1.82) is 0 Å². The monoisotopic (exact) mass is 603 g/mol. The van der Waals surface area contributed by atoms with Gasteiger partial charge in [-0.1, -0.05) is 6.07 Å². The van der Waals surface area contributed by atoms with Crippen molar-refractivity contribution in [3.8, 4) is 17.2 Å². The Kier molecular flexibility index (Phi) is 10.7. The van der Waals surface area contributed by atoms with Crippen LogP contribution in [-0.4, -0.2) is 40.8 Å². The van der Waals surface area contributed by atoms with Gasteiger partial charge in [0.2, 0.25) is 5.89 Å². The number of carboxylic acids is 1. The topological polar surface area (TPSA) is 140 Å². The zero-order chi connectivity index (χ0) is 31.6. The highest BCUT2D eigenvalue weighted by atomic mass is 19.1. The first kappa shape index (κ1) is 31.7. The molecule has 4 rings (SSSR count). The van der Waals surface area contributed by atoms with Crippen LogP contribution in [0.3, 0.4) is 0 Å². The molecule has 0 spiro atoms. The third kappa shape index (κ3) is 9.15. The lowest BCUT2D eigenvalue weighted by Gasteiger charge is -2.14. The summed E-state index contributed by atoms with van der Waals surface area (Å²) in [6, 6.07) is 17.7. The lowest BCUT2D eigenvalue weighted by atomic mass is 10.0. The lowest BCUT2D eigenvalue weighted by molar-refractivity contribution is -0.136. The van der Waals surface area contributed by atoms with Crippen LogP contribution in [0.1, 0.15) is 53.2 Å². The van der Waals surface area contributed by atoms with E-state index in [0.29, 0.717) is 48.1 Å². The maximum atomic E-state index is 13.1. The van der Waals surface area contributed by atoms with Crippen molar-refractivity contribution in [3.63, 3.8) is 0 Å². The van der Waals surface area contributed by atoms with E-state index in [-0.39, 0.29) is 25.0 Å². The van der Waals surface area contributed by atoms with Gasteiger partial charge in [0.15, 0.2) is 0 Å². The van der Waals surface area contributed by atoms with Gasteiger partial charge in [0, 0.05) is 36.2 Å². The molecular weight excluding hydrogens is 569 g/mol. The summed E-state index contributed by atoms with van der Waals surface area (Å²) >= 11 is 0. The van der Waals surface area contributed by atoms with Crippen LogP contribution < -0.4 is 15.4 Å².